The Kier molecular flexibility index (Phi) is 3.90. The van der Waals surface area contributed by atoms with Crippen LogP contribution >= 0.6 is 27.5 Å². The maximum absolute atomic E-state index is 5.79. The monoisotopic (exact) mass is 317 g/mol. The summed E-state index contributed by atoms with van der Waals surface area (Å²) in [4.78, 5) is 11.9. The van der Waals surface area contributed by atoms with E-state index in [0.717, 1.165) is 10.9 Å². The van der Waals surface area contributed by atoms with Crippen LogP contribution in [-0.2, 0) is 0 Å². The fourth-order valence-corrected chi connectivity index (χ4v) is 1.53. The summed E-state index contributed by atoms with van der Waals surface area (Å²) in [5.41, 5.74) is 0. The third-order valence-electron chi connectivity index (χ3n) is 1.77. The molecule has 0 spiro atoms. The SMILES string of the molecule is CCCOc1nc(Cl)nc(-n2cc(Br)cn2)n1. The minimum Gasteiger partial charge on any atom is -0.463 e. The molecule has 0 saturated carbocycles. The Bertz CT molecular complexity index is 518. The number of halogens is 2. The Morgan fingerprint density at radius 3 is 2.88 bits per heavy atom. The molecule has 6 nitrogen and oxygen atoms in total. The molecule has 2 aromatic heterocycles. The molecule has 0 fully saturated rings. The molecule has 0 aliphatic heterocycles. The molecular formula is C9H9BrClN5O. The molecular weight excluding hydrogens is 309 g/mol. The van der Waals surface area contributed by atoms with Gasteiger partial charge in [0.15, 0.2) is 0 Å². The summed E-state index contributed by atoms with van der Waals surface area (Å²) in [6, 6.07) is 0.202. The van der Waals surface area contributed by atoms with Crippen molar-refractivity contribution in [3.05, 3.63) is 22.1 Å². The Hall–Kier alpha value is -1.21. The number of ether oxygens (including phenoxy) is 1. The number of aromatic nitrogens is 5. The van der Waals surface area contributed by atoms with E-state index in [9.17, 15) is 0 Å². The molecule has 2 heterocycles. The Balaban J connectivity index is 2.31. The largest absolute Gasteiger partial charge is 0.463 e. The van der Waals surface area contributed by atoms with E-state index in [1.807, 2.05) is 6.92 Å². The lowest BCUT2D eigenvalue weighted by Gasteiger charge is -2.04. The van der Waals surface area contributed by atoms with Gasteiger partial charge in [-0.2, -0.15) is 20.1 Å². The van der Waals surface area contributed by atoms with Crippen molar-refractivity contribution in [1.29, 1.82) is 0 Å². The minimum atomic E-state index is 0.0766. The molecule has 0 atom stereocenters. The van der Waals surface area contributed by atoms with Crippen LogP contribution in [0.1, 0.15) is 13.3 Å². The highest BCUT2D eigenvalue weighted by molar-refractivity contribution is 9.10. The summed E-state index contributed by atoms with van der Waals surface area (Å²) in [6.45, 7) is 2.52. The van der Waals surface area contributed by atoms with Gasteiger partial charge in [0.05, 0.1) is 17.3 Å². The van der Waals surface area contributed by atoms with Crippen molar-refractivity contribution in [2.45, 2.75) is 13.3 Å². The molecule has 0 N–H and O–H groups in total. The van der Waals surface area contributed by atoms with E-state index in [2.05, 4.69) is 36.0 Å². The second-order valence-corrected chi connectivity index (χ2v) is 4.39. The predicted octanol–water partition coefficient (Wildman–Crippen LogP) is 2.26. The second kappa shape index (κ2) is 5.42. The highest BCUT2D eigenvalue weighted by Crippen LogP contribution is 2.13. The molecule has 0 aromatic carbocycles. The Labute approximate surface area is 111 Å². The lowest BCUT2D eigenvalue weighted by molar-refractivity contribution is 0.290. The first-order chi connectivity index (χ1) is 8.19. The van der Waals surface area contributed by atoms with E-state index in [1.165, 1.54) is 4.68 Å². The Morgan fingerprint density at radius 1 is 1.41 bits per heavy atom. The van der Waals surface area contributed by atoms with Gasteiger partial charge in [-0.1, -0.05) is 6.92 Å². The first-order valence-corrected chi connectivity index (χ1v) is 6.11. The van der Waals surface area contributed by atoms with Gasteiger partial charge < -0.3 is 4.74 Å². The highest BCUT2D eigenvalue weighted by Gasteiger charge is 2.08. The van der Waals surface area contributed by atoms with Gasteiger partial charge in [0.25, 0.3) is 5.95 Å². The molecule has 0 aliphatic rings. The normalized spacial score (nSPS) is 10.5. The van der Waals surface area contributed by atoms with E-state index in [-0.39, 0.29) is 11.3 Å². The zero-order chi connectivity index (χ0) is 12.3. The molecule has 0 saturated heterocycles. The molecule has 17 heavy (non-hydrogen) atoms. The van der Waals surface area contributed by atoms with E-state index >= 15 is 0 Å². The summed E-state index contributed by atoms with van der Waals surface area (Å²) in [5, 5.41) is 4.13. The smallest absolute Gasteiger partial charge is 0.322 e. The van der Waals surface area contributed by atoms with Crippen LogP contribution in [0.5, 0.6) is 6.01 Å². The maximum atomic E-state index is 5.79. The van der Waals surface area contributed by atoms with Gasteiger partial charge in [0.2, 0.25) is 5.28 Å². The molecule has 0 amide bonds. The average molecular weight is 319 g/mol. The van der Waals surface area contributed by atoms with E-state index in [1.54, 1.807) is 12.4 Å². The third kappa shape index (κ3) is 3.13. The average Bonchev–Trinajstić information content (AvgIpc) is 2.72. The fourth-order valence-electron chi connectivity index (χ4n) is 1.09. The van der Waals surface area contributed by atoms with Gasteiger partial charge in [0.1, 0.15) is 0 Å². The fraction of sp³-hybridized carbons (Fsp3) is 0.333. The topological polar surface area (TPSA) is 65.7 Å². The van der Waals surface area contributed by atoms with Crippen LogP contribution in [-0.4, -0.2) is 31.3 Å². The van der Waals surface area contributed by atoms with Crippen LogP contribution in [0.2, 0.25) is 5.28 Å². The Morgan fingerprint density at radius 2 is 2.24 bits per heavy atom. The maximum Gasteiger partial charge on any atom is 0.322 e. The van der Waals surface area contributed by atoms with Gasteiger partial charge in [-0.25, -0.2) is 4.68 Å². The third-order valence-corrected chi connectivity index (χ3v) is 2.35. The molecule has 2 aromatic rings. The van der Waals surface area contributed by atoms with Crippen LogP contribution in [0.3, 0.4) is 0 Å². The van der Waals surface area contributed by atoms with Crippen LogP contribution in [0.25, 0.3) is 5.95 Å². The molecule has 8 heteroatoms. The molecule has 0 radical (unpaired) electrons. The second-order valence-electron chi connectivity index (χ2n) is 3.14. The van der Waals surface area contributed by atoms with Crippen LogP contribution < -0.4 is 4.74 Å². The zero-order valence-electron chi connectivity index (χ0n) is 8.97. The van der Waals surface area contributed by atoms with Crippen molar-refractivity contribution < 1.29 is 4.74 Å². The van der Waals surface area contributed by atoms with Crippen molar-refractivity contribution in [1.82, 2.24) is 24.7 Å². The van der Waals surface area contributed by atoms with Crippen molar-refractivity contribution in [3.8, 4) is 12.0 Å². The summed E-state index contributed by atoms with van der Waals surface area (Å²) >= 11 is 9.08. The number of hydrogen-bond acceptors (Lipinski definition) is 5. The number of rotatable bonds is 4. The van der Waals surface area contributed by atoms with Crippen molar-refractivity contribution >= 4 is 27.5 Å². The highest BCUT2D eigenvalue weighted by atomic mass is 79.9. The van der Waals surface area contributed by atoms with Gasteiger partial charge in [0, 0.05) is 6.20 Å². The first kappa shape index (κ1) is 12.3. The predicted molar refractivity (Wildman–Crippen MR) is 65.4 cm³/mol. The van der Waals surface area contributed by atoms with E-state index in [4.69, 9.17) is 16.3 Å². The summed E-state index contributed by atoms with van der Waals surface area (Å²) < 4.78 is 7.61. The first-order valence-electron chi connectivity index (χ1n) is 4.94. The van der Waals surface area contributed by atoms with Crippen LogP contribution in [0.15, 0.2) is 16.9 Å². The molecule has 0 bridgehead atoms. The number of nitrogens with zero attached hydrogens (tertiary/aromatic N) is 5. The van der Waals surface area contributed by atoms with Gasteiger partial charge >= 0.3 is 6.01 Å². The molecule has 0 unspecified atom stereocenters. The minimum absolute atomic E-state index is 0.0766. The summed E-state index contributed by atoms with van der Waals surface area (Å²) in [6.07, 6.45) is 4.21. The van der Waals surface area contributed by atoms with Crippen molar-refractivity contribution in [2.24, 2.45) is 0 Å². The van der Waals surface area contributed by atoms with Gasteiger partial charge in [-0.15, -0.1) is 0 Å². The van der Waals surface area contributed by atoms with Gasteiger partial charge in [-0.3, -0.25) is 0 Å². The number of hydrogen-bond donors (Lipinski definition) is 0. The molecule has 0 aliphatic carbocycles. The molecule has 90 valence electrons. The van der Waals surface area contributed by atoms with Crippen molar-refractivity contribution in [3.63, 3.8) is 0 Å². The van der Waals surface area contributed by atoms with Crippen LogP contribution in [0.4, 0.5) is 0 Å². The summed E-state index contributed by atoms with van der Waals surface area (Å²) in [7, 11) is 0. The quantitative estimate of drug-likeness (QED) is 0.865. The van der Waals surface area contributed by atoms with Crippen molar-refractivity contribution in [2.75, 3.05) is 6.61 Å². The lowest BCUT2D eigenvalue weighted by Crippen LogP contribution is -2.07. The van der Waals surface area contributed by atoms with Crippen LogP contribution in [0, 0.1) is 0 Å². The van der Waals surface area contributed by atoms with E-state index in [0.29, 0.717) is 12.6 Å². The summed E-state index contributed by atoms with van der Waals surface area (Å²) in [5.74, 6) is 0.321. The lowest BCUT2D eigenvalue weighted by atomic mass is 10.5. The van der Waals surface area contributed by atoms with E-state index < -0.39 is 0 Å². The van der Waals surface area contributed by atoms with Gasteiger partial charge in [-0.05, 0) is 34.0 Å². The standard InChI is InChI=1S/C9H9BrClN5O/c1-2-3-17-9-14-7(11)13-8(15-9)16-5-6(10)4-12-16/h4-5H,2-3H2,1H3. The zero-order valence-corrected chi connectivity index (χ0v) is 11.3. The molecule has 2 rings (SSSR count).